The first-order valence-electron chi connectivity index (χ1n) is 5.74. The molecule has 0 bridgehead atoms. The number of halogens is 1. The zero-order chi connectivity index (χ0) is 12.3. The number of alkyl halides is 1. The van der Waals surface area contributed by atoms with E-state index < -0.39 is 0 Å². The Balaban J connectivity index is 2.11. The van der Waals surface area contributed by atoms with Crippen LogP contribution in [0.25, 0.3) is 0 Å². The Hall–Kier alpha value is -1.22. The molecule has 0 spiro atoms. The summed E-state index contributed by atoms with van der Waals surface area (Å²) in [7, 11) is 1.64. The van der Waals surface area contributed by atoms with Crippen LogP contribution in [0.4, 0.5) is 0 Å². The van der Waals surface area contributed by atoms with Gasteiger partial charge in [0.2, 0.25) is 5.91 Å². The van der Waals surface area contributed by atoms with E-state index >= 15 is 0 Å². The number of carbonyl (C=O) groups is 1. The van der Waals surface area contributed by atoms with Crippen molar-refractivity contribution < 1.29 is 9.53 Å². The fraction of sp³-hybridized carbons (Fsp3) is 0.462. The van der Waals surface area contributed by atoms with Crippen LogP contribution in [-0.4, -0.2) is 18.9 Å². The molecule has 1 N–H and O–H groups in total. The third-order valence-corrected chi connectivity index (χ3v) is 3.25. The van der Waals surface area contributed by atoms with E-state index in [4.69, 9.17) is 16.3 Å². The van der Waals surface area contributed by atoms with E-state index in [2.05, 4.69) is 5.32 Å². The van der Waals surface area contributed by atoms with E-state index in [1.165, 1.54) is 12.8 Å². The molecule has 4 heteroatoms. The molecule has 17 heavy (non-hydrogen) atoms. The van der Waals surface area contributed by atoms with E-state index in [0.29, 0.717) is 5.92 Å². The second-order valence-corrected chi connectivity index (χ2v) is 4.56. The predicted molar refractivity (Wildman–Crippen MR) is 67.3 cm³/mol. The molecule has 1 aliphatic carbocycles. The average molecular weight is 254 g/mol. The van der Waals surface area contributed by atoms with Gasteiger partial charge in [0.1, 0.15) is 11.6 Å². The SMILES string of the molecule is COc1ccc(C(NC(=O)CCl)C2CC2)cc1. The Kier molecular flexibility index (Phi) is 3.89. The van der Waals surface area contributed by atoms with Gasteiger partial charge in [0.05, 0.1) is 13.2 Å². The number of nitrogens with one attached hydrogen (secondary N) is 1. The van der Waals surface area contributed by atoms with E-state index in [1.807, 2.05) is 24.3 Å². The molecule has 1 saturated carbocycles. The van der Waals surface area contributed by atoms with E-state index in [1.54, 1.807) is 7.11 Å². The Morgan fingerprint density at radius 3 is 2.59 bits per heavy atom. The fourth-order valence-electron chi connectivity index (χ4n) is 1.93. The maximum absolute atomic E-state index is 11.4. The quantitative estimate of drug-likeness (QED) is 0.819. The van der Waals surface area contributed by atoms with Gasteiger partial charge in [-0.1, -0.05) is 12.1 Å². The molecule has 0 aromatic heterocycles. The zero-order valence-corrected chi connectivity index (χ0v) is 10.5. The van der Waals surface area contributed by atoms with Crippen molar-refractivity contribution in [2.75, 3.05) is 13.0 Å². The number of ether oxygens (including phenoxy) is 1. The van der Waals surface area contributed by atoms with Gasteiger partial charge in [0.25, 0.3) is 0 Å². The molecule has 1 amide bonds. The van der Waals surface area contributed by atoms with Gasteiger partial charge >= 0.3 is 0 Å². The molecule has 1 fully saturated rings. The van der Waals surface area contributed by atoms with Crippen molar-refractivity contribution in [1.29, 1.82) is 0 Å². The fourth-order valence-corrected chi connectivity index (χ4v) is 2.00. The zero-order valence-electron chi connectivity index (χ0n) is 9.78. The van der Waals surface area contributed by atoms with E-state index in [0.717, 1.165) is 11.3 Å². The summed E-state index contributed by atoms with van der Waals surface area (Å²) < 4.78 is 5.12. The first kappa shape index (κ1) is 12.2. The summed E-state index contributed by atoms with van der Waals surface area (Å²) in [5.41, 5.74) is 1.12. The lowest BCUT2D eigenvalue weighted by molar-refractivity contribution is -0.119. The van der Waals surface area contributed by atoms with Crippen LogP contribution in [-0.2, 0) is 4.79 Å². The van der Waals surface area contributed by atoms with Crippen LogP contribution in [0.2, 0.25) is 0 Å². The van der Waals surface area contributed by atoms with Crippen molar-refractivity contribution in [2.45, 2.75) is 18.9 Å². The van der Waals surface area contributed by atoms with Crippen LogP contribution in [0.1, 0.15) is 24.4 Å². The van der Waals surface area contributed by atoms with E-state index in [9.17, 15) is 4.79 Å². The van der Waals surface area contributed by atoms with Gasteiger partial charge in [-0.25, -0.2) is 0 Å². The number of rotatable bonds is 5. The summed E-state index contributed by atoms with van der Waals surface area (Å²) in [4.78, 5) is 11.4. The Bertz CT molecular complexity index is 387. The number of hydrogen-bond acceptors (Lipinski definition) is 2. The summed E-state index contributed by atoms with van der Waals surface area (Å²) in [5, 5.41) is 2.97. The molecule has 92 valence electrons. The maximum Gasteiger partial charge on any atom is 0.235 e. The molecular formula is C13H16ClNO2. The van der Waals surface area contributed by atoms with Crippen LogP contribution in [0.15, 0.2) is 24.3 Å². The monoisotopic (exact) mass is 253 g/mol. The highest BCUT2D eigenvalue weighted by Gasteiger charge is 2.33. The second kappa shape index (κ2) is 5.41. The second-order valence-electron chi connectivity index (χ2n) is 4.29. The van der Waals surface area contributed by atoms with Crippen molar-refractivity contribution in [1.82, 2.24) is 5.32 Å². The number of carbonyl (C=O) groups excluding carboxylic acids is 1. The van der Waals surface area contributed by atoms with Crippen molar-refractivity contribution in [2.24, 2.45) is 5.92 Å². The molecule has 1 aromatic carbocycles. The average Bonchev–Trinajstić information content (AvgIpc) is 3.20. The summed E-state index contributed by atoms with van der Waals surface area (Å²) in [6, 6.07) is 7.91. The number of methoxy groups -OCH3 is 1. The Labute approximate surface area is 106 Å². The number of hydrogen-bond donors (Lipinski definition) is 1. The minimum Gasteiger partial charge on any atom is -0.497 e. The number of benzene rings is 1. The third kappa shape index (κ3) is 3.13. The van der Waals surface area contributed by atoms with Crippen LogP contribution < -0.4 is 10.1 Å². The van der Waals surface area contributed by atoms with Crippen LogP contribution in [0.5, 0.6) is 5.75 Å². The molecule has 2 rings (SSSR count). The lowest BCUT2D eigenvalue weighted by atomic mass is 10.0. The summed E-state index contributed by atoms with van der Waals surface area (Å²) in [6.07, 6.45) is 2.33. The minimum absolute atomic E-state index is 0.0133. The van der Waals surface area contributed by atoms with Crippen molar-refractivity contribution >= 4 is 17.5 Å². The standard InChI is InChI=1S/C13H16ClNO2/c1-17-11-6-4-10(5-7-11)13(9-2-3-9)15-12(16)8-14/h4-7,9,13H,2-3,8H2,1H3,(H,15,16). The molecule has 0 aliphatic heterocycles. The van der Waals surface area contributed by atoms with Gasteiger partial charge in [-0.05, 0) is 36.5 Å². The molecule has 0 heterocycles. The highest BCUT2D eigenvalue weighted by molar-refractivity contribution is 6.27. The molecule has 1 aliphatic rings. The summed E-state index contributed by atoms with van der Waals surface area (Å²) in [6.45, 7) is 0. The molecule has 1 unspecified atom stereocenters. The molecule has 3 nitrogen and oxygen atoms in total. The van der Waals surface area contributed by atoms with Crippen LogP contribution >= 0.6 is 11.6 Å². The smallest absolute Gasteiger partial charge is 0.235 e. The van der Waals surface area contributed by atoms with Gasteiger partial charge in [0, 0.05) is 0 Å². The highest BCUT2D eigenvalue weighted by Crippen LogP contribution is 2.41. The normalized spacial score (nSPS) is 16.4. The van der Waals surface area contributed by atoms with Gasteiger partial charge in [0.15, 0.2) is 0 Å². The maximum atomic E-state index is 11.4. The van der Waals surface area contributed by atoms with Gasteiger partial charge in [-0.3, -0.25) is 4.79 Å². The molecule has 0 radical (unpaired) electrons. The van der Waals surface area contributed by atoms with Gasteiger partial charge < -0.3 is 10.1 Å². The molecule has 1 aromatic rings. The van der Waals surface area contributed by atoms with Crippen molar-refractivity contribution in [3.8, 4) is 5.75 Å². The lowest BCUT2D eigenvalue weighted by Crippen LogP contribution is -2.30. The highest BCUT2D eigenvalue weighted by atomic mass is 35.5. The van der Waals surface area contributed by atoms with Gasteiger partial charge in [-0.2, -0.15) is 0 Å². The van der Waals surface area contributed by atoms with Crippen LogP contribution in [0, 0.1) is 5.92 Å². The Morgan fingerprint density at radius 1 is 1.47 bits per heavy atom. The first-order valence-corrected chi connectivity index (χ1v) is 6.27. The lowest BCUT2D eigenvalue weighted by Gasteiger charge is -2.18. The first-order chi connectivity index (χ1) is 8.24. The van der Waals surface area contributed by atoms with E-state index in [-0.39, 0.29) is 17.8 Å². The molecular weight excluding hydrogens is 238 g/mol. The summed E-state index contributed by atoms with van der Waals surface area (Å²) in [5.74, 6) is 1.28. The van der Waals surface area contributed by atoms with Crippen LogP contribution in [0.3, 0.4) is 0 Å². The minimum atomic E-state index is -0.112. The molecule has 0 saturated heterocycles. The largest absolute Gasteiger partial charge is 0.497 e. The van der Waals surface area contributed by atoms with Crippen molar-refractivity contribution in [3.05, 3.63) is 29.8 Å². The molecule has 1 atom stereocenters. The predicted octanol–water partition coefficient (Wildman–Crippen LogP) is 2.50. The van der Waals surface area contributed by atoms with Gasteiger partial charge in [-0.15, -0.1) is 11.6 Å². The Morgan fingerprint density at radius 2 is 2.12 bits per heavy atom. The summed E-state index contributed by atoms with van der Waals surface area (Å²) >= 11 is 5.52. The third-order valence-electron chi connectivity index (χ3n) is 3.01. The topological polar surface area (TPSA) is 38.3 Å². The number of amides is 1. The van der Waals surface area contributed by atoms with Crippen molar-refractivity contribution in [3.63, 3.8) is 0 Å².